The minimum atomic E-state index is -1.07. The molecule has 0 atom stereocenters. The number of hydrogen-bond donors (Lipinski definition) is 2. The maximum atomic E-state index is 12.2. The molecule has 0 radical (unpaired) electrons. The SMILES string of the molecule is O=C(O)c1ccccc1-c1c(-c2cccnc2)noc1NC(=O)C1CC1. The van der Waals surface area contributed by atoms with Crippen LogP contribution in [0.5, 0.6) is 0 Å². The molecule has 0 aliphatic heterocycles. The summed E-state index contributed by atoms with van der Waals surface area (Å²) in [5.41, 5.74) is 2.05. The molecule has 1 amide bonds. The fraction of sp³-hybridized carbons (Fsp3) is 0.158. The standard InChI is InChI=1S/C19H15N3O4/c23-17(11-7-8-11)21-18-15(13-5-1-2-6-14(13)19(24)25)16(22-26-18)12-4-3-9-20-10-12/h1-6,9-11H,7-8H2,(H,21,23)(H,24,25). The van der Waals surface area contributed by atoms with E-state index in [0.717, 1.165) is 12.8 Å². The van der Waals surface area contributed by atoms with Crippen LogP contribution in [0.3, 0.4) is 0 Å². The topological polar surface area (TPSA) is 105 Å². The summed E-state index contributed by atoms with van der Waals surface area (Å²) in [6.07, 6.45) is 4.93. The Labute approximate surface area is 148 Å². The Morgan fingerprint density at radius 1 is 1.15 bits per heavy atom. The van der Waals surface area contributed by atoms with Crippen molar-refractivity contribution >= 4 is 17.8 Å². The Morgan fingerprint density at radius 3 is 2.65 bits per heavy atom. The fourth-order valence-electron chi connectivity index (χ4n) is 2.77. The number of aromatic carboxylic acids is 1. The summed E-state index contributed by atoms with van der Waals surface area (Å²) in [7, 11) is 0. The largest absolute Gasteiger partial charge is 0.478 e. The number of carbonyl (C=O) groups excluding carboxylic acids is 1. The number of carbonyl (C=O) groups is 2. The minimum Gasteiger partial charge on any atom is -0.478 e. The average Bonchev–Trinajstić information content (AvgIpc) is 3.44. The number of benzene rings is 1. The van der Waals surface area contributed by atoms with Gasteiger partial charge in [-0.2, -0.15) is 0 Å². The van der Waals surface area contributed by atoms with Crippen LogP contribution in [-0.2, 0) is 4.79 Å². The van der Waals surface area contributed by atoms with Crippen LogP contribution in [0.15, 0.2) is 53.3 Å². The van der Waals surface area contributed by atoms with Crippen molar-refractivity contribution in [3.63, 3.8) is 0 Å². The molecule has 1 aliphatic carbocycles. The van der Waals surface area contributed by atoms with Crippen molar-refractivity contribution in [2.45, 2.75) is 12.8 Å². The quantitative estimate of drug-likeness (QED) is 0.731. The van der Waals surface area contributed by atoms with Gasteiger partial charge in [0.2, 0.25) is 11.8 Å². The van der Waals surface area contributed by atoms with Crippen molar-refractivity contribution in [3.05, 3.63) is 54.4 Å². The van der Waals surface area contributed by atoms with Gasteiger partial charge in [0.05, 0.1) is 11.1 Å². The second kappa shape index (κ2) is 6.44. The summed E-state index contributed by atoms with van der Waals surface area (Å²) in [6, 6.07) is 10.1. The van der Waals surface area contributed by atoms with Gasteiger partial charge in [0.1, 0.15) is 5.69 Å². The maximum Gasteiger partial charge on any atom is 0.336 e. The van der Waals surface area contributed by atoms with E-state index < -0.39 is 5.97 Å². The number of nitrogens with zero attached hydrogens (tertiary/aromatic N) is 2. The third-order valence-electron chi connectivity index (χ3n) is 4.24. The Kier molecular flexibility index (Phi) is 3.96. The molecule has 2 aromatic heterocycles. The molecule has 1 saturated carbocycles. The van der Waals surface area contributed by atoms with E-state index in [0.29, 0.717) is 22.4 Å². The van der Waals surface area contributed by atoms with Gasteiger partial charge >= 0.3 is 5.97 Å². The molecule has 26 heavy (non-hydrogen) atoms. The van der Waals surface area contributed by atoms with Crippen molar-refractivity contribution in [1.82, 2.24) is 10.1 Å². The molecule has 1 aromatic carbocycles. The van der Waals surface area contributed by atoms with Crippen molar-refractivity contribution in [3.8, 4) is 22.4 Å². The van der Waals surface area contributed by atoms with Crippen LogP contribution < -0.4 is 5.32 Å². The van der Waals surface area contributed by atoms with Gasteiger partial charge in [-0.3, -0.25) is 15.1 Å². The molecular formula is C19H15N3O4. The van der Waals surface area contributed by atoms with Gasteiger partial charge in [0.15, 0.2) is 0 Å². The fourth-order valence-corrected chi connectivity index (χ4v) is 2.77. The highest BCUT2D eigenvalue weighted by atomic mass is 16.5. The normalized spacial score (nSPS) is 13.4. The Balaban J connectivity index is 1.88. The number of amides is 1. The van der Waals surface area contributed by atoms with Crippen molar-refractivity contribution < 1.29 is 19.2 Å². The van der Waals surface area contributed by atoms with Crippen LogP contribution in [-0.4, -0.2) is 27.1 Å². The van der Waals surface area contributed by atoms with Crippen molar-refractivity contribution in [2.24, 2.45) is 5.92 Å². The third-order valence-corrected chi connectivity index (χ3v) is 4.24. The van der Waals surface area contributed by atoms with Crippen LogP contribution >= 0.6 is 0 Å². The lowest BCUT2D eigenvalue weighted by molar-refractivity contribution is -0.117. The first-order valence-electron chi connectivity index (χ1n) is 8.19. The lowest BCUT2D eigenvalue weighted by Crippen LogP contribution is -2.13. The van der Waals surface area contributed by atoms with Gasteiger partial charge in [-0.15, -0.1) is 0 Å². The zero-order valence-electron chi connectivity index (χ0n) is 13.7. The molecule has 1 aliphatic rings. The van der Waals surface area contributed by atoms with E-state index in [2.05, 4.69) is 15.5 Å². The highest BCUT2D eigenvalue weighted by Gasteiger charge is 2.32. The second-order valence-corrected chi connectivity index (χ2v) is 6.09. The number of carboxylic acid groups (broad SMARTS) is 1. The molecule has 4 rings (SSSR count). The first-order chi connectivity index (χ1) is 12.6. The van der Waals surface area contributed by atoms with Gasteiger partial charge in [-0.1, -0.05) is 23.4 Å². The lowest BCUT2D eigenvalue weighted by atomic mass is 9.97. The number of aromatic nitrogens is 2. The van der Waals surface area contributed by atoms with E-state index in [4.69, 9.17) is 4.52 Å². The number of carboxylic acids is 1. The zero-order valence-corrected chi connectivity index (χ0v) is 13.7. The van der Waals surface area contributed by atoms with E-state index in [1.165, 1.54) is 6.07 Å². The zero-order chi connectivity index (χ0) is 18.1. The Morgan fingerprint density at radius 2 is 1.96 bits per heavy atom. The molecule has 7 nitrogen and oxygen atoms in total. The van der Waals surface area contributed by atoms with Gasteiger partial charge in [-0.25, -0.2) is 4.79 Å². The highest BCUT2D eigenvalue weighted by Crippen LogP contribution is 2.40. The number of anilines is 1. The molecule has 0 bridgehead atoms. The lowest BCUT2D eigenvalue weighted by Gasteiger charge is -2.08. The van der Waals surface area contributed by atoms with Gasteiger partial charge in [0.25, 0.3) is 0 Å². The predicted octanol–water partition coefficient (Wildman–Crippen LogP) is 3.45. The van der Waals surface area contributed by atoms with Crippen LogP contribution in [0, 0.1) is 5.92 Å². The first kappa shape index (κ1) is 16.0. The highest BCUT2D eigenvalue weighted by molar-refractivity contribution is 6.04. The predicted molar refractivity (Wildman–Crippen MR) is 93.5 cm³/mol. The number of hydrogen-bond acceptors (Lipinski definition) is 5. The van der Waals surface area contributed by atoms with E-state index in [1.807, 2.05) is 0 Å². The van der Waals surface area contributed by atoms with Crippen molar-refractivity contribution in [2.75, 3.05) is 5.32 Å². The molecule has 3 aromatic rings. The molecule has 1 fully saturated rings. The molecule has 2 N–H and O–H groups in total. The van der Waals surface area contributed by atoms with Crippen LogP contribution in [0.25, 0.3) is 22.4 Å². The van der Waals surface area contributed by atoms with E-state index in [1.54, 1.807) is 42.7 Å². The van der Waals surface area contributed by atoms with Gasteiger partial charge in [0, 0.05) is 29.4 Å². The summed E-state index contributed by atoms with van der Waals surface area (Å²) in [5, 5.41) is 16.4. The van der Waals surface area contributed by atoms with Crippen LogP contribution in [0.1, 0.15) is 23.2 Å². The Hall–Kier alpha value is -3.48. The van der Waals surface area contributed by atoms with Gasteiger partial charge in [-0.05, 0) is 31.0 Å². The summed E-state index contributed by atoms with van der Waals surface area (Å²) < 4.78 is 5.39. The maximum absolute atomic E-state index is 12.2. The van der Waals surface area contributed by atoms with Crippen LogP contribution in [0.4, 0.5) is 5.88 Å². The molecule has 0 saturated heterocycles. The third kappa shape index (κ3) is 2.95. The molecule has 7 heteroatoms. The molecular weight excluding hydrogens is 334 g/mol. The average molecular weight is 349 g/mol. The van der Waals surface area contributed by atoms with E-state index in [9.17, 15) is 14.7 Å². The summed E-state index contributed by atoms with van der Waals surface area (Å²) >= 11 is 0. The number of nitrogens with one attached hydrogen (secondary N) is 1. The van der Waals surface area contributed by atoms with E-state index in [-0.39, 0.29) is 23.3 Å². The van der Waals surface area contributed by atoms with E-state index >= 15 is 0 Å². The molecule has 0 unspecified atom stereocenters. The molecule has 0 spiro atoms. The Bertz CT molecular complexity index is 977. The number of pyridine rings is 1. The molecule has 130 valence electrons. The molecule has 2 heterocycles. The summed E-state index contributed by atoms with van der Waals surface area (Å²) in [6.45, 7) is 0. The summed E-state index contributed by atoms with van der Waals surface area (Å²) in [5.74, 6) is -1.09. The number of rotatable bonds is 5. The minimum absolute atomic E-state index is 0.0236. The first-order valence-corrected chi connectivity index (χ1v) is 8.19. The van der Waals surface area contributed by atoms with Crippen molar-refractivity contribution in [1.29, 1.82) is 0 Å². The second-order valence-electron chi connectivity index (χ2n) is 6.09. The monoisotopic (exact) mass is 349 g/mol. The van der Waals surface area contributed by atoms with Crippen LogP contribution in [0.2, 0.25) is 0 Å². The summed E-state index contributed by atoms with van der Waals surface area (Å²) in [4.78, 5) is 27.9. The smallest absolute Gasteiger partial charge is 0.336 e. The van der Waals surface area contributed by atoms with Gasteiger partial charge < -0.3 is 9.63 Å².